The van der Waals surface area contributed by atoms with Gasteiger partial charge in [0.2, 0.25) is 0 Å². The number of ether oxygens (including phenoxy) is 1. The number of carbonyl (C=O) groups is 2. The summed E-state index contributed by atoms with van der Waals surface area (Å²) in [5.74, 6) is -0.641. The Morgan fingerprint density at radius 1 is 1.09 bits per heavy atom. The average molecular weight is 543 g/mol. The Morgan fingerprint density at radius 3 is 2.46 bits per heavy atom. The number of nitriles is 1. The third kappa shape index (κ3) is 6.05. The van der Waals surface area contributed by atoms with E-state index in [4.69, 9.17) is 39.5 Å². The van der Waals surface area contributed by atoms with Crippen molar-refractivity contribution in [3.63, 3.8) is 0 Å². The highest BCUT2D eigenvalue weighted by atomic mass is 35.5. The van der Waals surface area contributed by atoms with Gasteiger partial charge in [0.05, 0.1) is 26.6 Å². The predicted octanol–water partition coefficient (Wildman–Crippen LogP) is 6.50. The number of hydrogen-bond acceptors (Lipinski definition) is 5. The lowest BCUT2D eigenvalue weighted by Gasteiger charge is -2.12. The molecule has 0 radical (unpaired) electrons. The lowest BCUT2D eigenvalue weighted by molar-refractivity contribution is -0.115. The number of halogens is 3. The fraction of sp³-hybridized carbons (Fsp3) is 0.0400. The number of nitrogens with zero attached hydrogens (tertiary/aromatic N) is 2. The molecule has 6 nitrogen and oxygen atoms in total. The van der Waals surface area contributed by atoms with Crippen LogP contribution in [0.2, 0.25) is 15.1 Å². The minimum Gasteiger partial charge on any atom is -0.486 e. The zero-order chi connectivity index (χ0) is 24.9. The monoisotopic (exact) mass is 541 g/mol. The molecule has 3 aromatic rings. The summed E-state index contributed by atoms with van der Waals surface area (Å²) in [4.78, 5) is 29.0. The molecule has 0 spiro atoms. The molecule has 0 bridgehead atoms. The van der Waals surface area contributed by atoms with E-state index in [1.54, 1.807) is 60.7 Å². The lowest BCUT2D eigenvalue weighted by Crippen LogP contribution is -2.20. The number of benzene rings is 3. The van der Waals surface area contributed by atoms with E-state index in [0.717, 1.165) is 11.8 Å². The molecular formula is C25H14Cl3N3O3S. The van der Waals surface area contributed by atoms with E-state index in [2.05, 4.69) is 16.4 Å². The van der Waals surface area contributed by atoms with Gasteiger partial charge in [0, 0.05) is 16.1 Å². The molecule has 1 N–H and O–H groups in total. The van der Waals surface area contributed by atoms with Crippen LogP contribution in [-0.4, -0.2) is 17.0 Å². The molecule has 0 atom stereocenters. The molecule has 2 amide bonds. The molecule has 0 aliphatic carbocycles. The fourth-order valence-electron chi connectivity index (χ4n) is 3.09. The molecule has 4 rings (SSSR count). The van der Waals surface area contributed by atoms with Crippen LogP contribution in [0, 0.1) is 11.3 Å². The number of aliphatic imine (C=N–C) groups is 1. The topological polar surface area (TPSA) is 91.5 Å². The number of hydrogen-bond donors (Lipinski definition) is 1. The van der Waals surface area contributed by atoms with Gasteiger partial charge in [-0.05, 0) is 65.9 Å². The third-order valence-corrected chi connectivity index (χ3v) is 6.50. The van der Waals surface area contributed by atoms with Crippen molar-refractivity contribution >= 4 is 69.6 Å². The SMILES string of the molecule is N#Cc1ccccc1COc1c(Cl)cc(/C=C2\SC(=NC(=O)c3ccc(Cl)cc3)NC2=O)cc1Cl. The highest BCUT2D eigenvalue weighted by molar-refractivity contribution is 8.18. The molecule has 0 unspecified atom stereocenters. The van der Waals surface area contributed by atoms with Gasteiger partial charge in [-0.15, -0.1) is 0 Å². The van der Waals surface area contributed by atoms with Gasteiger partial charge in [-0.25, -0.2) is 0 Å². The van der Waals surface area contributed by atoms with Crippen molar-refractivity contribution in [3.05, 3.63) is 103 Å². The first-order chi connectivity index (χ1) is 16.8. The van der Waals surface area contributed by atoms with Gasteiger partial charge in [-0.1, -0.05) is 53.0 Å². The summed E-state index contributed by atoms with van der Waals surface area (Å²) in [6.07, 6.45) is 1.59. The molecule has 1 saturated heterocycles. The van der Waals surface area contributed by atoms with Gasteiger partial charge >= 0.3 is 0 Å². The van der Waals surface area contributed by atoms with Crippen LogP contribution in [0.5, 0.6) is 5.75 Å². The van der Waals surface area contributed by atoms with E-state index in [9.17, 15) is 14.9 Å². The first kappa shape index (κ1) is 24.8. The van der Waals surface area contributed by atoms with Crippen LogP contribution in [0.4, 0.5) is 0 Å². The van der Waals surface area contributed by atoms with Crippen molar-refractivity contribution in [2.24, 2.45) is 4.99 Å². The van der Waals surface area contributed by atoms with Gasteiger partial charge in [0.1, 0.15) is 6.61 Å². The van der Waals surface area contributed by atoms with Crippen LogP contribution >= 0.6 is 46.6 Å². The lowest BCUT2D eigenvalue weighted by atomic mass is 10.1. The second-order valence-corrected chi connectivity index (χ2v) is 9.45. The molecule has 10 heteroatoms. The van der Waals surface area contributed by atoms with E-state index in [-0.39, 0.29) is 27.6 Å². The molecule has 35 heavy (non-hydrogen) atoms. The largest absolute Gasteiger partial charge is 0.486 e. The van der Waals surface area contributed by atoms with Gasteiger partial charge in [0.25, 0.3) is 11.8 Å². The zero-order valence-electron chi connectivity index (χ0n) is 17.7. The standard InChI is InChI=1S/C25H14Cl3N3O3S/c26-18-7-5-15(6-8-18)23(32)30-25-31-24(33)21(35-25)11-14-9-19(27)22(20(28)10-14)34-13-17-4-2-1-3-16(17)12-29/h1-11H,13H2,(H,30,31,32,33)/b21-11-. The normalized spacial score (nSPS) is 15.2. The molecule has 1 heterocycles. The summed E-state index contributed by atoms with van der Waals surface area (Å²) >= 11 is 19.6. The van der Waals surface area contributed by atoms with Crippen LogP contribution in [0.3, 0.4) is 0 Å². The summed E-state index contributed by atoms with van der Waals surface area (Å²) in [6, 6.07) is 18.7. The van der Waals surface area contributed by atoms with E-state index in [1.165, 1.54) is 0 Å². The quantitative estimate of drug-likeness (QED) is 0.372. The number of amidine groups is 1. The van der Waals surface area contributed by atoms with Crippen LogP contribution in [0.25, 0.3) is 6.08 Å². The van der Waals surface area contributed by atoms with E-state index >= 15 is 0 Å². The van der Waals surface area contributed by atoms with E-state index < -0.39 is 11.8 Å². The Kier molecular flexibility index (Phi) is 7.79. The minimum atomic E-state index is -0.503. The maximum atomic E-state index is 12.4. The van der Waals surface area contributed by atoms with Crippen molar-refractivity contribution in [2.75, 3.05) is 0 Å². The smallest absolute Gasteiger partial charge is 0.279 e. The number of rotatable bonds is 5. The van der Waals surface area contributed by atoms with Gasteiger partial charge in [0.15, 0.2) is 10.9 Å². The summed E-state index contributed by atoms with van der Waals surface area (Å²) in [7, 11) is 0. The third-order valence-electron chi connectivity index (χ3n) is 4.77. The fourth-order valence-corrected chi connectivity index (χ4v) is 4.65. The summed E-state index contributed by atoms with van der Waals surface area (Å²) in [5, 5.41) is 12.9. The first-order valence-electron chi connectivity index (χ1n) is 10.0. The Bertz CT molecular complexity index is 1410. The minimum absolute atomic E-state index is 0.114. The zero-order valence-corrected chi connectivity index (χ0v) is 20.8. The second-order valence-electron chi connectivity index (χ2n) is 7.17. The Hall–Kier alpha value is -3.28. The maximum absolute atomic E-state index is 12.4. The predicted molar refractivity (Wildman–Crippen MR) is 139 cm³/mol. The van der Waals surface area contributed by atoms with Crippen LogP contribution in [0.1, 0.15) is 27.0 Å². The molecule has 1 aliphatic rings. The van der Waals surface area contributed by atoms with Crippen molar-refractivity contribution in [1.29, 1.82) is 5.26 Å². The van der Waals surface area contributed by atoms with Gasteiger partial charge in [-0.2, -0.15) is 10.3 Å². The van der Waals surface area contributed by atoms with Crippen molar-refractivity contribution in [2.45, 2.75) is 6.61 Å². The summed E-state index contributed by atoms with van der Waals surface area (Å²) in [5.41, 5.74) is 2.11. The van der Waals surface area contributed by atoms with Crippen molar-refractivity contribution < 1.29 is 14.3 Å². The highest BCUT2D eigenvalue weighted by Crippen LogP contribution is 2.36. The van der Waals surface area contributed by atoms with Crippen LogP contribution in [0.15, 0.2) is 70.6 Å². The van der Waals surface area contributed by atoms with Crippen molar-refractivity contribution in [3.8, 4) is 11.8 Å². The molecule has 1 aliphatic heterocycles. The van der Waals surface area contributed by atoms with E-state index in [1.807, 2.05) is 6.07 Å². The molecule has 0 saturated carbocycles. The van der Waals surface area contributed by atoms with Crippen LogP contribution < -0.4 is 10.1 Å². The maximum Gasteiger partial charge on any atom is 0.279 e. The Labute approximate surface area is 220 Å². The first-order valence-corrected chi connectivity index (χ1v) is 12.0. The number of carbonyl (C=O) groups excluding carboxylic acids is 2. The molecular weight excluding hydrogens is 529 g/mol. The van der Waals surface area contributed by atoms with Crippen molar-refractivity contribution in [1.82, 2.24) is 5.32 Å². The van der Waals surface area contributed by atoms with Crippen LogP contribution in [-0.2, 0) is 11.4 Å². The highest BCUT2D eigenvalue weighted by Gasteiger charge is 2.25. The van der Waals surface area contributed by atoms with Gasteiger partial charge < -0.3 is 10.1 Å². The Morgan fingerprint density at radius 2 is 1.77 bits per heavy atom. The number of nitrogens with one attached hydrogen (secondary N) is 1. The summed E-state index contributed by atoms with van der Waals surface area (Å²) in [6.45, 7) is 0.114. The average Bonchev–Trinajstić information content (AvgIpc) is 3.17. The van der Waals surface area contributed by atoms with Gasteiger partial charge in [-0.3, -0.25) is 9.59 Å². The number of thioether (sulfide) groups is 1. The molecule has 3 aromatic carbocycles. The molecule has 1 fully saturated rings. The van der Waals surface area contributed by atoms with E-state index in [0.29, 0.717) is 32.2 Å². The second kappa shape index (κ2) is 11.0. The number of amides is 2. The molecule has 0 aromatic heterocycles. The molecule has 174 valence electrons. The Balaban J connectivity index is 1.49. The summed E-state index contributed by atoms with van der Waals surface area (Å²) < 4.78 is 5.77.